The van der Waals surface area contributed by atoms with Crippen LogP contribution < -0.4 is 10.1 Å². The summed E-state index contributed by atoms with van der Waals surface area (Å²) in [6.07, 6.45) is -2.40. The molecule has 1 aliphatic heterocycles. The second-order valence-electron chi connectivity index (χ2n) is 8.09. The summed E-state index contributed by atoms with van der Waals surface area (Å²) in [5, 5.41) is 3.23. The molecule has 0 amide bonds. The Bertz CT molecular complexity index is 1160. The van der Waals surface area contributed by atoms with E-state index >= 15 is 0 Å². The molecule has 1 N–H and O–H groups in total. The highest BCUT2D eigenvalue weighted by Crippen LogP contribution is 2.39. The van der Waals surface area contributed by atoms with Crippen molar-refractivity contribution in [2.75, 3.05) is 13.2 Å². The Morgan fingerprint density at radius 3 is 2.46 bits per heavy atom. The lowest BCUT2D eigenvalue weighted by molar-refractivity contribution is -0.139. The maximum atomic E-state index is 13.7. The van der Waals surface area contributed by atoms with E-state index < -0.39 is 23.5 Å². The van der Waals surface area contributed by atoms with Crippen LogP contribution in [0.1, 0.15) is 47.9 Å². The number of hydrogen-bond donors (Lipinski definition) is 1. The fourth-order valence-corrected chi connectivity index (χ4v) is 3.75. The Kier molecular flexibility index (Phi) is 7.20. The zero-order chi connectivity index (χ0) is 25.1. The summed E-state index contributed by atoms with van der Waals surface area (Å²) in [6.45, 7) is 0.799. The third-order valence-electron chi connectivity index (χ3n) is 5.55. The predicted octanol–water partition coefficient (Wildman–Crippen LogP) is 7.29. The van der Waals surface area contributed by atoms with Gasteiger partial charge in [-0.15, -0.1) is 0 Å². The van der Waals surface area contributed by atoms with Crippen LogP contribution in [0.3, 0.4) is 0 Å². The van der Waals surface area contributed by atoms with Crippen molar-refractivity contribution in [1.29, 1.82) is 0 Å². The van der Waals surface area contributed by atoms with E-state index in [4.69, 9.17) is 9.15 Å². The number of nitrogens with zero attached hydrogens (tertiary/aromatic N) is 1. The van der Waals surface area contributed by atoms with Gasteiger partial charge in [-0.2, -0.15) is 26.3 Å². The zero-order valence-corrected chi connectivity index (χ0v) is 18.4. The van der Waals surface area contributed by atoms with Crippen LogP contribution in [-0.4, -0.2) is 18.1 Å². The van der Waals surface area contributed by atoms with Crippen molar-refractivity contribution in [3.05, 3.63) is 77.4 Å². The van der Waals surface area contributed by atoms with Crippen LogP contribution in [0, 0.1) is 0 Å². The SMILES string of the molecule is FC(F)(F)c1ccc(/C=C/CCOc2ccc(-c3coc(C4CCCN4)n3)cc2C(F)(F)F)cc1. The van der Waals surface area contributed by atoms with Gasteiger partial charge < -0.3 is 14.5 Å². The number of alkyl halides is 6. The summed E-state index contributed by atoms with van der Waals surface area (Å²) in [4.78, 5) is 4.34. The van der Waals surface area contributed by atoms with Crippen molar-refractivity contribution in [3.8, 4) is 17.0 Å². The van der Waals surface area contributed by atoms with Gasteiger partial charge in [-0.05, 0) is 61.7 Å². The molecule has 35 heavy (non-hydrogen) atoms. The van der Waals surface area contributed by atoms with Crippen LogP contribution in [0.2, 0.25) is 0 Å². The minimum absolute atomic E-state index is 0.0379. The highest BCUT2D eigenvalue weighted by Gasteiger charge is 2.35. The van der Waals surface area contributed by atoms with Crippen molar-refractivity contribution < 1.29 is 35.5 Å². The topological polar surface area (TPSA) is 47.3 Å². The molecule has 1 fully saturated rings. The van der Waals surface area contributed by atoms with Crippen LogP contribution in [0.4, 0.5) is 26.3 Å². The van der Waals surface area contributed by atoms with E-state index in [0.717, 1.165) is 37.6 Å². The maximum absolute atomic E-state index is 13.7. The number of halogens is 6. The first-order valence-corrected chi connectivity index (χ1v) is 11.0. The molecule has 1 unspecified atom stereocenters. The summed E-state index contributed by atoms with van der Waals surface area (Å²) in [5.41, 5.74) is -0.563. The first kappa shape index (κ1) is 24.8. The summed E-state index contributed by atoms with van der Waals surface area (Å²) in [7, 11) is 0. The molecule has 1 atom stereocenters. The first-order chi connectivity index (χ1) is 16.6. The zero-order valence-electron chi connectivity index (χ0n) is 18.4. The molecular formula is C25H22F6N2O2. The number of nitrogens with one attached hydrogen (secondary N) is 1. The Morgan fingerprint density at radius 1 is 1.03 bits per heavy atom. The Balaban J connectivity index is 1.40. The molecule has 1 saturated heterocycles. The fraction of sp³-hybridized carbons (Fsp3) is 0.320. The molecule has 3 aromatic rings. The molecule has 0 spiro atoms. The molecule has 10 heteroatoms. The predicted molar refractivity (Wildman–Crippen MR) is 118 cm³/mol. The molecule has 0 saturated carbocycles. The lowest BCUT2D eigenvalue weighted by Crippen LogP contribution is -2.13. The Hall–Kier alpha value is -3.27. The molecule has 0 radical (unpaired) electrons. The third kappa shape index (κ3) is 6.25. The van der Waals surface area contributed by atoms with Crippen LogP contribution in [0.25, 0.3) is 17.3 Å². The van der Waals surface area contributed by atoms with E-state index in [1.807, 2.05) is 0 Å². The van der Waals surface area contributed by atoms with E-state index in [1.54, 1.807) is 12.2 Å². The Labute approximate surface area is 197 Å². The van der Waals surface area contributed by atoms with Gasteiger partial charge in [0.25, 0.3) is 0 Å². The van der Waals surface area contributed by atoms with Crippen molar-refractivity contribution >= 4 is 6.08 Å². The minimum atomic E-state index is -4.64. The summed E-state index contributed by atoms with van der Waals surface area (Å²) in [5.74, 6) is 0.136. The fourth-order valence-electron chi connectivity index (χ4n) is 3.75. The van der Waals surface area contributed by atoms with Gasteiger partial charge in [-0.25, -0.2) is 4.98 Å². The Morgan fingerprint density at radius 2 is 1.80 bits per heavy atom. The van der Waals surface area contributed by atoms with Crippen molar-refractivity contribution in [1.82, 2.24) is 10.3 Å². The average molecular weight is 496 g/mol. The van der Waals surface area contributed by atoms with E-state index in [0.29, 0.717) is 17.1 Å². The maximum Gasteiger partial charge on any atom is 0.419 e. The number of oxazole rings is 1. The molecule has 2 aromatic carbocycles. The molecule has 0 bridgehead atoms. The number of ether oxygens (including phenoxy) is 1. The van der Waals surface area contributed by atoms with Crippen LogP contribution in [0.15, 0.2) is 59.2 Å². The molecule has 1 aliphatic rings. The smallest absolute Gasteiger partial charge is 0.419 e. The molecule has 0 aliphatic carbocycles. The number of aromatic nitrogens is 1. The van der Waals surface area contributed by atoms with Crippen molar-refractivity contribution in [2.45, 2.75) is 37.7 Å². The second kappa shape index (κ2) is 10.2. The third-order valence-corrected chi connectivity index (χ3v) is 5.55. The van der Waals surface area contributed by atoms with E-state index in [9.17, 15) is 26.3 Å². The average Bonchev–Trinajstić information content (AvgIpc) is 3.50. The molecule has 4 nitrogen and oxygen atoms in total. The monoisotopic (exact) mass is 496 g/mol. The standard InChI is InChI=1S/C25H22F6N2O2/c26-24(27,28)18-9-6-16(7-10-18)4-1-2-13-34-22-11-8-17(14-19(22)25(29,30)31)21-15-35-23(33-21)20-5-3-12-32-20/h1,4,6-11,14-15,20,32H,2-3,5,12-13H2/b4-1+. The van der Waals surface area contributed by atoms with Gasteiger partial charge in [0.05, 0.1) is 23.8 Å². The second-order valence-corrected chi connectivity index (χ2v) is 8.09. The lowest BCUT2D eigenvalue weighted by atomic mass is 10.1. The molecule has 186 valence electrons. The molecular weight excluding hydrogens is 474 g/mol. The normalized spacial score (nSPS) is 16.8. The van der Waals surface area contributed by atoms with Gasteiger partial charge in [0.1, 0.15) is 17.7 Å². The van der Waals surface area contributed by atoms with Gasteiger partial charge in [0.2, 0.25) is 5.89 Å². The quantitative estimate of drug-likeness (QED) is 0.276. The van der Waals surface area contributed by atoms with Gasteiger partial charge in [0.15, 0.2) is 0 Å². The largest absolute Gasteiger partial charge is 0.493 e. The number of benzene rings is 2. The highest BCUT2D eigenvalue weighted by atomic mass is 19.4. The van der Waals surface area contributed by atoms with Crippen molar-refractivity contribution in [2.24, 2.45) is 0 Å². The minimum Gasteiger partial charge on any atom is -0.493 e. The lowest BCUT2D eigenvalue weighted by Gasteiger charge is -2.14. The van der Waals surface area contributed by atoms with Crippen LogP contribution in [0.5, 0.6) is 5.75 Å². The molecule has 4 rings (SSSR count). The van der Waals surface area contributed by atoms with Gasteiger partial charge in [-0.3, -0.25) is 0 Å². The highest BCUT2D eigenvalue weighted by molar-refractivity contribution is 5.62. The van der Waals surface area contributed by atoms with Gasteiger partial charge in [-0.1, -0.05) is 24.3 Å². The van der Waals surface area contributed by atoms with E-state index in [2.05, 4.69) is 10.3 Å². The summed E-state index contributed by atoms with van der Waals surface area (Å²) < 4.78 is 89.7. The van der Waals surface area contributed by atoms with Crippen LogP contribution >= 0.6 is 0 Å². The molecule has 1 aromatic heterocycles. The number of rotatable bonds is 7. The summed E-state index contributed by atoms with van der Waals surface area (Å²) in [6, 6.07) is 8.26. The molecule has 2 heterocycles. The van der Waals surface area contributed by atoms with Gasteiger partial charge in [0, 0.05) is 5.56 Å². The summed E-state index contributed by atoms with van der Waals surface area (Å²) >= 11 is 0. The van der Waals surface area contributed by atoms with Crippen molar-refractivity contribution in [3.63, 3.8) is 0 Å². The first-order valence-electron chi connectivity index (χ1n) is 11.0. The van der Waals surface area contributed by atoms with E-state index in [1.165, 1.54) is 30.5 Å². The van der Waals surface area contributed by atoms with E-state index in [-0.39, 0.29) is 30.4 Å². The van der Waals surface area contributed by atoms with Gasteiger partial charge >= 0.3 is 12.4 Å². The number of hydrogen-bond acceptors (Lipinski definition) is 4. The van der Waals surface area contributed by atoms with Crippen LogP contribution in [-0.2, 0) is 12.4 Å².